The maximum absolute atomic E-state index is 4.96. The molecule has 0 aromatic carbocycles. The number of nitrogens with two attached hydrogens (primary N) is 1. The summed E-state index contributed by atoms with van der Waals surface area (Å²) in [6, 6.07) is 0. The minimum absolute atomic E-state index is 0.941. The van der Waals surface area contributed by atoms with E-state index in [0.717, 1.165) is 11.9 Å². The zero-order valence-electron chi connectivity index (χ0n) is 7.70. The Morgan fingerprint density at radius 3 is 1.82 bits per heavy atom. The molecule has 0 bridgehead atoms. The Kier molecular flexibility index (Phi) is 21.3. The fourth-order valence-electron chi connectivity index (χ4n) is 0.412. The molecule has 0 atom stereocenters. The Balaban J connectivity index is 0. The first-order chi connectivity index (χ1) is 5.33. The molecule has 0 rings (SSSR count). The van der Waals surface area contributed by atoms with E-state index in [1.165, 1.54) is 25.7 Å². The van der Waals surface area contributed by atoms with E-state index < -0.39 is 0 Å². The van der Waals surface area contributed by atoms with Crippen molar-refractivity contribution in [3.8, 4) is 0 Å². The summed E-state index contributed by atoms with van der Waals surface area (Å²) >= 11 is 3.31. The van der Waals surface area contributed by atoms with Crippen molar-refractivity contribution in [2.45, 2.75) is 39.5 Å². The van der Waals surface area contributed by atoms with Crippen LogP contribution in [0.1, 0.15) is 39.5 Å². The van der Waals surface area contributed by atoms with Crippen LogP contribution in [0.3, 0.4) is 0 Å². The Morgan fingerprint density at radius 1 is 1.18 bits per heavy atom. The van der Waals surface area contributed by atoms with Gasteiger partial charge in [0.2, 0.25) is 0 Å². The molecule has 0 aliphatic carbocycles. The van der Waals surface area contributed by atoms with Crippen LogP contribution in [0.15, 0.2) is 0 Å². The Bertz CT molecular complexity index is 45.4. The molecule has 0 saturated heterocycles. The van der Waals surface area contributed by atoms with E-state index in [4.69, 9.17) is 5.84 Å². The lowest BCUT2D eigenvalue weighted by Gasteiger charge is -1.89. The molecular formula is C8H21BrN2. The second-order valence-corrected chi connectivity index (χ2v) is 3.14. The van der Waals surface area contributed by atoms with E-state index in [2.05, 4.69) is 35.2 Å². The Morgan fingerprint density at radius 2 is 1.73 bits per heavy atom. The molecule has 2 nitrogen and oxygen atoms in total. The molecular weight excluding hydrogens is 204 g/mol. The molecule has 0 heterocycles. The number of hydrogen-bond acceptors (Lipinski definition) is 2. The third-order valence-electron chi connectivity index (χ3n) is 1.16. The fourth-order valence-corrected chi connectivity index (χ4v) is 0.973. The van der Waals surface area contributed by atoms with Crippen molar-refractivity contribution in [2.24, 2.45) is 5.84 Å². The number of nitrogens with one attached hydrogen (secondary N) is 1. The van der Waals surface area contributed by atoms with Crippen molar-refractivity contribution in [1.82, 2.24) is 5.43 Å². The first-order valence-corrected chi connectivity index (χ1v) is 5.45. The largest absolute Gasteiger partial charge is 0.271 e. The quantitative estimate of drug-likeness (QED) is 0.326. The van der Waals surface area contributed by atoms with Gasteiger partial charge in [0.25, 0.3) is 0 Å². The molecule has 0 fully saturated rings. The van der Waals surface area contributed by atoms with Crippen molar-refractivity contribution in [3.63, 3.8) is 0 Å². The standard InChI is InChI=1S/C4H9Br.C4H12N2/c1-2-3-4-5;1-2-3-4-6-5/h2-4H2,1H3;6H,2-5H2,1H3. The smallest absolute Gasteiger partial charge is 0.00973 e. The van der Waals surface area contributed by atoms with E-state index in [1.807, 2.05) is 0 Å². The SMILES string of the molecule is CCCCBr.CCCCNN. The van der Waals surface area contributed by atoms with E-state index in [-0.39, 0.29) is 0 Å². The summed E-state index contributed by atoms with van der Waals surface area (Å²) in [6.45, 7) is 5.26. The van der Waals surface area contributed by atoms with Gasteiger partial charge >= 0.3 is 0 Å². The molecule has 0 aliphatic heterocycles. The highest BCUT2D eigenvalue weighted by Crippen LogP contribution is 1.89. The van der Waals surface area contributed by atoms with Crippen molar-refractivity contribution < 1.29 is 0 Å². The fraction of sp³-hybridized carbons (Fsp3) is 1.00. The molecule has 3 N–H and O–H groups in total. The first-order valence-electron chi connectivity index (χ1n) is 4.32. The van der Waals surface area contributed by atoms with Crippen molar-refractivity contribution in [1.29, 1.82) is 0 Å². The summed E-state index contributed by atoms with van der Waals surface area (Å²) < 4.78 is 0. The Labute approximate surface area is 79.0 Å². The maximum atomic E-state index is 4.96. The third kappa shape index (κ3) is 25.2. The predicted octanol–water partition coefficient (Wildman–Crippen LogP) is 2.43. The third-order valence-corrected chi connectivity index (χ3v) is 1.72. The summed E-state index contributed by atoms with van der Waals surface area (Å²) in [6.07, 6.45) is 4.99. The molecule has 0 radical (unpaired) electrons. The average Bonchev–Trinajstić information content (AvgIpc) is 2.04. The highest BCUT2D eigenvalue weighted by atomic mass is 79.9. The maximum Gasteiger partial charge on any atom is 0.00973 e. The van der Waals surface area contributed by atoms with E-state index in [1.54, 1.807) is 0 Å². The molecule has 70 valence electrons. The van der Waals surface area contributed by atoms with Gasteiger partial charge in [0.1, 0.15) is 0 Å². The van der Waals surface area contributed by atoms with Gasteiger partial charge in [0.15, 0.2) is 0 Å². The summed E-state index contributed by atoms with van der Waals surface area (Å²) in [7, 11) is 0. The zero-order valence-corrected chi connectivity index (χ0v) is 9.28. The van der Waals surface area contributed by atoms with E-state index >= 15 is 0 Å². The molecule has 0 saturated carbocycles. The van der Waals surface area contributed by atoms with Gasteiger partial charge in [-0.15, -0.1) is 0 Å². The van der Waals surface area contributed by atoms with Crippen LogP contribution in [0.2, 0.25) is 0 Å². The van der Waals surface area contributed by atoms with Crippen molar-refractivity contribution >= 4 is 15.9 Å². The normalized spacial score (nSPS) is 8.73. The lowest BCUT2D eigenvalue weighted by molar-refractivity contribution is 0.669. The molecule has 0 unspecified atom stereocenters. The van der Waals surface area contributed by atoms with Gasteiger partial charge in [-0.2, -0.15) is 0 Å². The van der Waals surface area contributed by atoms with Gasteiger partial charge in [-0.1, -0.05) is 42.6 Å². The Hall–Kier alpha value is 0.400. The van der Waals surface area contributed by atoms with Crippen molar-refractivity contribution in [3.05, 3.63) is 0 Å². The van der Waals surface area contributed by atoms with Crippen LogP contribution in [0.5, 0.6) is 0 Å². The van der Waals surface area contributed by atoms with Gasteiger partial charge in [-0.25, -0.2) is 0 Å². The molecule has 11 heavy (non-hydrogen) atoms. The van der Waals surface area contributed by atoms with Gasteiger partial charge in [-0.05, 0) is 12.8 Å². The summed E-state index contributed by atoms with van der Waals surface area (Å²) in [5.41, 5.74) is 2.57. The monoisotopic (exact) mass is 224 g/mol. The molecule has 0 amide bonds. The van der Waals surface area contributed by atoms with Crippen LogP contribution < -0.4 is 11.3 Å². The number of halogens is 1. The van der Waals surface area contributed by atoms with E-state index in [9.17, 15) is 0 Å². The molecule has 0 aliphatic rings. The lowest BCUT2D eigenvalue weighted by atomic mass is 10.3. The van der Waals surface area contributed by atoms with Crippen LogP contribution >= 0.6 is 15.9 Å². The van der Waals surface area contributed by atoms with Gasteiger partial charge < -0.3 is 0 Å². The number of hydrazine groups is 1. The number of rotatable bonds is 5. The van der Waals surface area contributed by atoms with Gasteiger partial charge in [-0.3, -0.25) is 11.3 Å². The molecule has 0 aromatic rings. The van der Waals surface area contributed by atoms with Crippen LogP contribution in [-0.4, -0.2) is 11.9 Å². The minimum atomic E-state index is 0.941. The second-order valence-electron chi connectivity index (χ2n) is 2.35. The summed E-state index contributed by atoms with van der Waals surface area (Å²) in [5, 5.41) is 1.16. The summed E-state index contributed by atoms with van der Waals surface area (Å²) in [4.78, 5) is 0. The van der Waals surface area contributed by atoms with E-state index in [0.29, 0.717) is 0 Å². The van der Waals surface area contributed by atoms with Crippen LogP contribution in [0.25, 0.3) is 0 Å². The summed E-state index contributed by atoms with van der Waals surface area (Å²) in [5.74, 6) is 4.96. The lowest BCUT2D eigenvalue weighted by Crippen LogP contribution is -2.22. The number of unbranched alkanes of at least 4 members (excludes halogenated alkanes) is 2. The second kappa shape index (κ2) is 16.8. The topological polar surface area (TPSA) is 38.0 Å². The van der Waals surface area contributed by atoms with Crippen LogP contribution in [0.4, 0.5) is 0 Å². The molecule has 3 heteroatoms. The average molecular weight is 225 g/mol. The zero-order chi connectivity index (χ0) is 8.95. The highest BCUT2D eigenvalue weighted by molar-refractivity contribution is 9.09. The molecule has 0 spiro atoms. The van der Waals surface area contributed by atoms with Gasteiger partial charge in [0.05, 0.1) is 0 Å². The molecule has 0 aromatic heterocycles. The number of alkyl halides is 1. The first kappa shape index (κ1) is 14.0. The van der Waals surface area contributed by atoms with Crippen molar-refractivity contribution in [2.75, 3.05) is 11.9 Å². The van der Waals surface area contributed by atoms with Gasteiger partial charge in [0, 0.05) is 11.9 Å². The van der Waals surface area contributed by atoms with Crippen LogP contribution in [-0.2, 0) is 0 Å². The predicted molar refractivity (Wildman–Crippen MR) is 55.8 cm³/mol. The highest BCUT2D eigenvalue weighted by Gasteiger charge is 1.73. The van der Waals surface area contributed by atoms with Crippen LogP contribution in [0, 0.1) is 0 Å². The number of hydrogen-bond donors (Lipinski definition) is 2. The minimum Gasteiger partial charge on any atom is -0.271 e.